The molecule has 2 aliphatic rings. The second-order valence-corrected chi connectivity index (χ2v) is 7.66. The van der Waals surface area contributed by atoms with E-state index in [9.17, 15) is 9.18 Å². The van der Waals surface area contributed by atoms with Gasteiger partial charge in [0, 0.05) is 36.7 Å². The highest BCUT2D eigenvalue weighted by Crippen LogP contribution is 2.30. The van der Waals surface area contributed by atoms with Crippen molar-refractivity contribution in [2.75, 3.05) is 31.1 Å². The number of carbonyl (C=O) groups excluding carboxylic acids is 1. The van der Waals surface area contributed by atoms with E-state index < -0.39 is 0 Å². The number of carbonyl (C=O) groups is 1. The summed E-state index contributed by atoms with van der Waals surface area (Å²) in [4.78, 5) is 19.3. The molecule has 0 atom stereocenters. The van der Waals surface area contributed by atoms with E-state index in [-0.39, 0.29) is 11.7 Å². The van der Waals surface area contributed by atoms with Gasteiger partial charge in [-0.3, -0.25) is 4.79 Å². The van der Waals surface area contributed by atoms with E-state index in [0.717, 1.165) is 49.6 Å². The van der Waals surface area contributed by atoms with Gasteiger partial charge in [-0.2, -0.15) is 0 Å². The second kappa shape index (κ2) is 6.55. The number of halogens is 1. The average Bonchev–Trinajstić information content (AvgIpc) is 3.06. The standard InChI is InChI=1S/C19H21FN2OS/c20-15-5-7-16(8-6-15)21-9-11-22(12-10-21)19(23)18-13-14-3-1-2-4-17(14)24-18/h5-8,13H,1-4,9-12H2. The molecular weight excluding hydrogens is 323 g/mol. The van der Waals surface area contributed by atoms with E-state index in [0.29, 0.717) is 0 Å². The van der Waals surface area contributed by atoms with Crippen LogP contribution in [0.2, 0.25) is 0 Å². The van der Waals surface area contributed by atoms with Gasteiger partial charge in [-0.15, -0.1) is 11.3 Å². The quantitative estimate of drug-likeness (QED) is 0.829. The van der Waals surface area contributed by atoms with Crippen molar-refractivity contribution in [1.29, 1.82) is 0 Å². The summed E-state index contributed by atoms with van der Waals surface area (Å²) >= 11 is 1.69. The minimum atomic E-state index is -0.214. The van der Waals surface area contributed by atoms with Crippen LogP contribution in [0.15, 0.2) is 30.3 Å². The smallest absolute Gasteiger partial charge is 0.264 e. The Kier molecular flexibility index (Phi) is 4.27. The number of benzene rings is 1. The molecule has 1 aliphatic carbocycles. The molecule has 0 spiro atoms. The van der Waals surface area contributed by atoms with Crippen molar-refractivity contribution < 1.29 is 9.18 Å². The SMILES string of the molecule is O=C(c1cc2c(s1)CCCC2)N1CCN(c2ccc(F)cc2)CC1. The van der Waals surface area contributed by atoms with Crippen molar-refractivity contribution in [2.24, 2.45) is 0 Å². The molecule has 5 heteroatoms. The summed E-state index contributed by atoms with van der Waals surface area (Å²) in [7, 11) is 0. The summed E-state index contributed by atoms with van der Waals surface area (Å²) in [5.41, 5.74) is 2.41. The molecular formula is C19H21FN2OS. The van der Waals surface area contributed by atoms with Crippen LogP contribution in [0, 0.1) is 5.82 Å². The molecule has 126 valence electrons. The Morgan fingerprint density at radius 3 is 2.42 bits per heavy atom. The average molecular weight is 344 g/mol. The molecule has 1 saturated heterocycles. The van der Waals surface area contributed by atoms with Gasteiger partial charge in [0.25, 0.3) is 5.91 Å². The number of aryl methyl sites for hydroxylation is 2. The molecule has 24 heavy (non-hydrogen) atoms. The molecule has 1 aromatic heterocycles. The first kappa shape index (κ1) is 15.6. The summed E-state index contributed by atoms with van der Waals surface area (Å²) in [5, 5.41) is 0. The minimum Gasteiger partial charge on any atom is -0.368 e. The van der Waals surface area contributed by atoms with Gasteiger partial charge in [0.15, 0.2) is 0 Å². The Balaban J connectivity index is 1.41. The number of thiophene rings is 1. The maximum atomic E-state index is 13.0. The summed E-state index contributed by atoms with van der Waals surface area (Å²) < 4.78 is 13.0. The molecule has 0 unspecified atom stereocenters. The molecule has 0 saturated carbocycles. The lowest BCUT2D eigenvalue weighted by molar-refractivity contribution is 0.0751. The molecule has 1 aromatic carbocycles. The highest BCUT2D eigenvalue weighted by molar-refractivity contribution is 7.14. The zero-order valence-electron chi connectivity index (χ0n) is 13.6. The molecule has 2 heterocycles. The van der Waals surface area contributed by atoms with Crippen LogP contribution in [0.3, 0.4) is 0 Å². The highest BCUT2D eigenvalue weighted by Gasteiger charge is 2.25. The van der Waals surface area contributed by atoms with Crippen LogP contribution in [0.4, 0.5) is 10.1 Å². The molecule has 2 aromatic rings. The zero-order chi connectivity index (χ0) is 16.5. The fraction of sp³-hybridized carbons (Fsp3) is 0.421. The fourth-order valence-electron chi connectivity index (χ4n) is 3.57. The van der Waals surface area contributed by atoms with Crippen molar-refractivity contribution in [3.8, 4) is 0 Å². The van der Waals surface area contributed by atoms with Crippen LogP contribution in [0.5, 0.6) is 0 Å². The first-order valence-electron chi connectivity index (χ1n) is 8.62. The predicted molar refractivity (Wildman–Crippen MR) is 95.5 cm³/mol. The van der Waals surface area contributed by atoms with Gasteiger partial charge in [-0.05, 0) is 61.6 Å². The molecule has 4 rings (SSSR count). The summed E-state index contributed by atoms with van der Waals surface area (Å²) in [5.74, 6) is -0.0395. The maximum Gasteiger partial charge on any atom is 0.264 e. The van der Waals surface area contributed by atoms with Gasteiger partial charge < -0.3 is 9.80 Å². The lowest BCUT2D eigenvalue weighted by Gasteiger charge is -2.36. The van der Waals surface area contributed by atoms with Crippen LogP contribution in [0.1, 0.15) is 33.0 Å². The Morgan fingerprint density at radius 1 is 1.00 bits per heavy atom. The number of piperazine rings is 1. The van der Waals surface area contributed by atoms with Crippen molar-refractivity contribution in [1.82, 2.24) is 4.90 Å². The summed E-state index contributed by atoms with van der Waals surface area (Å²) in [6, 6.07) is 8.71. The topological polar surface area (TPSA) is 23.6 Å². The number of hydrogen-bond donors (Lipinski definition) is 0. The number of anilines is 1. The zero-order valence-corrected chi connectivity index (χ0v) is 14.4. The predicted octanol–water partition coefficient (Wildman–Crippen LogP) is 3.73. The largest absolute Gasteiger partial charge is 0.368 e. The normalized spacial score (nSPS) is 17.7. The van der Waals surface area contributed by atoms with Crippen LogP contribution in [-0.4, -0.2) is 37.0 Å². The fourth-order valence-corrected chi connectivity index (χ4v) is 4.79. The number of rotatable bonds is 2. The van der Waals surface area contributed by atoms with E-state index in [2.05, 4.69) is 11.0 Å². The lowest BCUT2D eigenvalue weighted by Crippen LogP contribution is -2.48. The Bertz CT molecular complexity index is 709. The molecule has 3 nitrogen and oxygen atoms in total. The van der Waals surface area contributed by atoms with Gasteiger partial charge in [0.05, 0.1) is 4.88 Å². The van der Waals surface area contributed by atoms with E-state index in [4.69, 9.17) is 0 Å². The van der Waals surface area contributed by atoms with Crippen LogP contribution >= 0.6 is 11.3 Å². The molecule has 1 fully saturated rings. The van der Waals surface area contributed by atoms with Crippen LogP contribution in [-0.2, 0) is 12.8 Å². The van der Waals surface area contributed by atoms with Gasteiger partial charge in [-0.1, -0.05) is 0 Å². The Hall–Kier alpha value is -1.88. The third-order valence-electron chi connectivity index (χ3n) is 4.97. The van der Waals surface area contributed by atoms with Gasteiger partial charge in [0.2, 0.25) is 0 Å². The van der Waals surface area contributed by atoms with Crippen LogP contribution in [0.25, 0.3) is 0 Å². The molecule has 0 bridgehead atoms. The van der Waals surface area contributed by atoms with E-state index in [1.54, 1.807) is 23.5 Å². The summed E-state index contributed by atoms with van der Waals surface area (Å²) in [6.45, 7) is 3.03. The number of fused-ring (bicyclic) bond motifs is 1. The third kappa shape index (κ3) is 3.05. The van der Waals surface area contributed by atoms with Crippen LogP contribution < -0.4 is 4.90 Å². The van der Waals surface area contributed by atoms with Crippen molar-refractivity contribution in [2.45, 2.75) is 25.7 Å². The minimum absolute atomic E-state index is 0.174. The van der Waals surface area contributed by atoms with E-state index in [1.807, 2.05) is 4.90 Å². The number of amides is 1. The highest BCUT2D eigenvalue weighted by atomic mass is 32.1. The summed E-state index contributed by atoms with van der Waals surface area (Å²) in [6.07, 6.45) is 4.74. The monoisotopic (exact) mass is 344 g/mol. The maximum absolute atomic E-state index is 13.0. The Morgan fingerprint density at radius 2 is 1.71 bits per heavy atom. The van der Waals surface area contributed by atoms with Crippen molar-refractivity contribution in [3.63, 3.8) is 0 Å². The second-order valence-electron chi connectivity index (χ2n) is 6.52. The van der Waals surface area contributed by atoms with Crippen molar-refractivity contribution in [3.05, 3.63) is 51.5 Å². The number of nitrogens with zero attached hydrogens (tertiary/aromatic N) is 2. The van der Waals surface area contributed by atoms with Gasteiger partial charge >= 0.3 is 0 Å². The lowest BCUT2D eigenvalue weighted by atomic mass is 9.99. The molecule has 0 radical (unpaired) electrons. The third-order valence-corrected chi connectivity index (χ3v) is 6.19. The van der Waals surface area contributed by atoms with Crippen molar-refractivity contribution >= 4 is 22.9 Å². The Labute approximate surface area is 145 Å². The molecule has 1 aliphatic heterocycles. The van der Waals surface area contributed by atoms with Gasteiger partial charge in [0.1, 0.15) is 5.82 Å². The molecule has 1 amide bonds. The first-order chi connectivity index (χ1) is 11.7. The van der Waals surface area contributed by atoms with E-state index >= 15 is 0 Å². The number of hydrogen-bond acceptors (Lipinski definition) is 3. The van der Waals surface area contributed by atoms with E-state index in [1.165, 1.54) is 35.4 Å². The molecule has 0 N–H and O–H groups in total. The van der Waals surface area contributed by atoms with Gasteiger partial charge in [-0.25, -0.2) is 4.39 Å². The first-order valence-corrected chi connectivity index (χ1v) is 9.44.